The number of methoxy groups -OCH3 is 1. The van der Waals surface area contributed by atoms with Crippen molar-refractivity contribution in [1.82, 2.24) is 10.5 Å². The predicted molar refractivity (Wildman–Crippen MR) is 110 cm³/mol. The summed E-state index contributed by atoms with van der Waals surface area (Å²) in [6.07, 6.45) is 2.61. The van der Waals surface area contributed by atoms with E-state index in [0.29, 0.717) is 30.0 Å². The van der Waals surface area contributed by atoms with Gasteiger partial charge in [-0.2, -0.15) is 0 Å². The van der Waals surface area contributed by atoms with Gasteiger partial charge in [-0.3, -0.25) is 4.79 Å². The lowest BCUT2D eigenvalue weighted by molar-refractivity contribution is 0.0587. The second kappa shape index (κ2) is 10.6. The molecule has 9 nitrogen and oxygen atoms in total. The number of anilines is 1. The number of aromatic nitrogens is 1. The molecule has 0 saturated carbocycles. The number of nitrogens with one attached hydrogen (secondary N) is 2. The van der Waals surface area contributed by atoms with Crippen molar-refractivity contribution in [2.45, 2.75) is 12.8 Å². The summed E-state index contributed by atoms with van der Waals surface area (Å²) in [4.78, 5) is 36.4. The van der Waals surface area contributed by atoms with Crippen molar-refractivity contribution in [2.24, 2.45) is 0 Å². The zero-order valence-corrected chi connectivity index (χ0v) is 17.1. The Bertz CT molecular complexity index is 941. The van der Waals surface area contributed by atoms with Gasteiger partial charge in [-0.15, -0.1) is 11.8 Å². The average Bonchev–Trinajstić information content (AvgIpc) is 3.18. The Morgan fingerprint density at radius 2 is 2.07 bits per heavy atom. The van der Waals surface area contributed by atoms with Crippen LogP contribution in [0.3, 0.4) is 0 Å². The number of esters is 1. The number of ether oxygens (including phenoxy) is 2. The molecule has 1 heterocycles. The third-order valence-corrected chi connectivity index (χ3v) is 5.25. The van der Waals surface area contributed by atoms with Gasteiger partial charge in [0, 0.05) is 24.3 Å². The van der Waals surface area contributed by atoms with Crippen molar-refractivity contribution in [2.75, 3.05) is 31.5 Å². The first-order valence-corrected chi connectivity index (χ1v) is 10.2. The van der Waals surface area contributed by atoms with E-state index >= 15 is 0 Å². The van der Waals surface area contributed by atoms with Crippen LogP contribution in [0.25, 0.3) is 0 Å². The zero-order chi connectivity index (χ0) is 21.3. The van der Waals surface area contributed by atoms with Crippen molar-refractivity contribution in [3.63, 3.8) is 0 Å². The van der Waals surface area contributed by atoms with Crippen LogP contribution in [0.15, 0.2) is 45.8 Å². The minimum absolute atomic E-state index is 0.0373. The van der Waals surface area contributed by atoms with Gasteiger partial charge in [0.15, 0.2) is 5.69 Å². The normalized spacial score (nSPS) is 12.7. The maximum Gasteiger partial charge on any atom is 0.360 e. The van der Waals surface area contributed by atoms with E-state index in [-0.39, 0.29) is 30.0 Å². The molecule has 0 spiro atoms. The van der Waals surface area contributed by atoms with Gasteiger partial charge in [-0.25, -0.2) is 9.59 Å². The summed E-state index contributed by atoms with van der Waals surface area (Å²) in [6, 6.07) is 8.77. The molecule has 0 bridgehead atoms. The number of hydrogen-bond acceptors (Lipinski definition) is 8. The van der Waals surface area contributed by atoms with E-state index in [1.54, 1.807) is 12.1 Å². The highest BCUT2D eigenvalue weighted by Crippen LogP contribution is 2.30. The predicted octanol–water partition coefficient (Wildman–Crippen LogP) is 3.00. The van der Waals surface area contributed by atoms with Gasteiger partial charge in [0.25, 0.3) is 0 Å². The summed E-state index contributed by atoms with van der Waals surface area (Å²) in [5.74, 6) is -0.144. The molecule has 0 unspecified atom stereocenters. The van der Waals surface area contributed by atoms with Gasteiger partial charge in [0.2, 0.25) is 11.5 Å². The number of urea groups is 1. The molecule has 0 saturated heterocycles. The van der Waals surface area contributed by atoms with Gasteiger partial charge in [0.05, 0.1) is 7.11 Å². The number of allylic oxidation sites excluding steroid dienone is 2. The van der Waals surface area contributed by atoms with Crippen LogP contribution < -0.4 is 10.6 Å². The number of ketones is 1. The smallest absolute Gasteiger partial charge is 0.360 e. The van der Waals surface area contributed by atoms with E-state index in [4.69, 9.17) is 9.26 Å². The third-order valence-electron chi connectivity index (χ3n) is 4.12. The van der Waals surface area contributed by atoms with Crippen molar-refractivity contribution >= 4 is 35.2 Å². The fraction of sp³-hybridized carbons (Fsp3) is 0.300. The molecule has 0 fully saturated rings. The molecule has 1 aliphatic rings. The Kier molecular flexibility index (Phi) is 7.63. The maximum absolute atomic E-state index is 12.1. The Morgan fingerprint density at radius 3 is 2.83 bits per heavy atom. The van der Waals surface area contributed by atoms with Crippen molar-refractivity contribution < 1.29 is 28.4 Å². The van der Waals surface area contributed by atoms with Crippen molar-refractivity contribution in [3.05, 3.63) is 58.3 Å². The fourth-order valence-electron chi connectivity index (χ4n) is 2.70. The van der Waals surface area contributed by atoms with E-state index in [0.717, 1.165) is 11.3 Å². The van der Waals surface area contributed by atoms with E-state index in [1.807, 2.05) is 18.2 Å². The molecule has 3 rings (SSSR count). The van der Waals surface area contributed by atoms with Gasteiger partial charge < -0.3 is 24.6 Å². The highest BCUT2D eigenvalue weighted by atomic mass is 32.2. The number of amides is 2. The highest BCUT2D eigenvalue weighted by molar-refractivity contribution is 8.03. The second-order valence-corrected chi connectivity index (χ2v) is 7.45. The largest absolute Gasteiger partial charge is 0.464 e. The molecule has 2 amide bonds. The van der Waals surface area contributed by atoms with Gasteiger partial charge in [-0.05, 0) is 35.3 Å². The molecule has 10 heteroatoms. The van der Waals surface area contributed by atoms with Crippen molar-refractivity contribution in [3.8, 4) is 0 Å². The van der Waals surface area contributed by atoms with E-state index in [1.165, 1.54) is 24.9 Å². The zero-order valence-electron chi connectivity index (χ0n) is 16.3. The molecule has 0 aliphatic heterocycles. The third kappa shape index (κ3) is 5.71. The topological polar surface area (TPSA) is 120 Å². The van der Waals surface area contributed by atoms with E-state index in [2.05, 4.69) is 20.5 Å². The molecular weight excluding hydrogens is 410 g/mol. The number of para-hydroxylation sites is 1. The Morgan fingerprint density at radius 1 is 1.27 bits per heavy atom. The number of carbonyl (C=O) groups is 3. The van der Waals surface area contributed by atoms with E-state index in [9.17, 15) is 14.4 Å². The molecule has 158 valence electrons. The quantitative estimate of drug-likeness (QED) is 0.353. The number of fused-ring (bicyclic) bond motifs is 1. The molecule has 0 radical (unpaired) electrons. The summed E-state index contributed by atoms with van der Waals surface area (Å²) in [7, 11) is 1.25. The first-order chi connectivity index (χ1) is 14.6. The van der Waals surface area contributed by atoms with Crippen molar-refractivity contribution in [1.29, 1.82) is 0 Å². The molecule has 30 heavy (non-hydrogen) atoms. The minimum atomic E-state index is -0.628. The van der Waals surface area contributed by atoms with Gasteiger partial charge in [0.1, 0.15) is 6.73 Å². The van der Waals surface area contributed by atoms with Crippen LogP contribution in [0.5, 0.6) is 0 Å². The Balaban J connectivity index is 1.33. The van der Waals surface area contributed by atoms with Crippen LogP contribution in [0.4, 0.5) is 10.5 Å². The SMILES string of the molecule is COC(=O)c1noc2c1CC(SCCCOCNC(=O)Nc1ccccc1)=CC2=O. The van der Waals surface area contributed by atoms with Crippen LogP contribution in [-0.2, 0) is 15.9 Å². The number of benzene rings is 1. The van der Waals surface area contributed by atoms with E-state index < -0.39 is 5.97 Å². The van der Waals surface area contributed by atoms with Gasteiger partial charge in [-0.1, -0.05) is 23.4 Å². The summed E-state index contributed by atoms with van der Waals surface area (Å²) < 4.78 is 15.1. The monoisotopic (exact) mass is 431 g/mol. The van der Waals surface area contributed by atoms with Crippen LogP contribution in [0, 0.1) is 0 Å². The lowest BCUT2D eigenvalue weighted by Gasteiger charge is -2.12. The van der Waals surface area contributed by atoms with Gasteiger partial charge >= 0.3 is 12.0 Å². The lowest BCUT2D eigenvalue weighted by Crippen LogP contribution is -2.30. The summed E-state index contributed by atoms with van der Waals surface area (Å²) >= 11 is 1.50. The number of hydrogen-bond donors (Lipinski definition) is 2. The number of carbonyl (C=O) groups excluding carboxylic acids is 3. The summed E-state index contributed by atoms with van der Waals surface area (Å²) in [5, 5.41) is 8.96. The number of rotatable bonds is 9. The molecular formula is C20H21N3O6S. The second-order valence-electron chi connectivity index (χ2n) is 6.23. The molecule has 2 N–H and O–H groups in total. The minimum Gasteiger partial charge on any atom is -0.464 e. The fourth-order valence-corrected chi connectivity index (χ4v) is 3.66. The maximum atomic E-state index is 12.1. The van der Waals surface area contributed by atoms with Crippen LogP contribution in [-0.4, -0.2) is 49.1 Å². The average molecular weight is 431 g/mol. The number of nitrogens with zero attached hydrogens (tertiary/aromatic N) is 1. The first kappa shape index (κ1) is 21.6. The molecule has 1 aromatic heterocycles. The Labute approximate surface area is 177 Å². The Hall–Kier alpha value is -3.11. The lowest BCUT2D eigenvalue weighted by atomic mass is 10.0. The standard InChI is InChI=1S/C20H21N3O6S/c1-27-19(25)17-15-10-14(11-16(24)18(15)29-23-17)30-9-5-8-28-12-21-20(26)22-13-6-3-2-4-7-13/h2-4,6-7,11H,5,8-10,12H2,1H3,(H2,21,22,26). The first-order valence-electron chi connectivity index (χ1n) is 9.20. The van der Waals surface area contributed by atoms with Crippen LogP contribution in [0.1, 0.15) is 33.0 Å². The molecule has 1 aliphatic carbocycles. The molecule has 2 aromatic rings. The molecule has 1 aromatic carbocycles. The van der Waals surface area contributed by atoms with Crippen LogP contribution in [0.2, 0.25) is 0 Å². The summed E-state index contributed by atoms with van der Waals surface area (Å²) in [6.45, 7) is 0.544. The molecule has 0 atom stereocenters. The summed E-state index contributed by atoms with van der Waals surface area (Å²) in [5.41, 5.74) is 1.20. The van der Waals surface area contributed by atoms with Crippen LogP contribution >= 0.6 is 11.8 Å². The highest BCUT2D eigenvalue weighted by Gasteiger charge is 2.30. The number of thioether (sulfide) groups is 1.